The molecular formula is C20H23N3O5S. The molecule has 0 bridgehead atoms. The van der Waals surface area contributed by atoms with E-state index < -0.39 is 15.4 Å². The second-order valence-electron chi connectivity index (χ2n) is 7.57. The molecule has 8 nitrogen and oxygen atoms in total. The van der Waals surface area contributed by atoms with Crippen molar-refractivity contribution in [2.45, 2.75) is 45.3 Å². The van der Waals surface area contributed by atoms with Gasteiger partial charge in [0.15, 0.2) is 9.84 Å². The molecule has 0 radical (unpaired) electrons. The topological polar surface area (TPSA) is 102 Å². The number of aromatic nitrogens is 2. The molecule has 1 aromatic carbocycles. The molecule has 1 aliphatic rings. The van der Waals surface area contributed by atoms with Crippen LogP contribution in [0.1, 0.15) is 26.7 Å². The Balaban J connectivity index is 1.67. The zero-order chi connectivity index (χ0) is 20.8. The molecule has 154 valence electrons. The zero-order valence-electron chi connectivity index (χ0n) is 16.4. The van der Waals surface area contributed by atoms with E-state index in [0.29, 0.717) is 23.9 Å². The van der Waals surface area contributed by atoms with Crippen LogP contribution in [0.15, 0.2) is 39.8 Å². The van der Waals surface area contributed by atoms with E-state index in [4.69, 9.17) is 4.42 Å². The monoisotopic (exact) mass is 417 g/mol. The van der Waals surface area contributed by atoms with Crippen molar-refractivity contribution < 1.29 is 17.6 Å². The molecule has 9 heteroatoms. The SMILES string of the molecule is CC[C@@H](C)N(C(=O)Cn1cnc2c(oc3ccccc32)c1=O)[C@H]1CCS(=O)(=O)C1. The van der Waals surface area contributed by atoms with Crippen LogP contribution in [0.2, 0.25) is 0 Å². The smallest absolute Gasteiger partial charge is 0.297 e. The van der Waals surface area contributed by atoms with Crippen LogP contribution >= 0.6 is 0 Å². The maximum Gasteiger partial charge on any atom is 0.297 e. The van der Waals surface area contributed by atoms with Gasteiger partial charge in [-0.15, -0.1) is 0 Å². The Kier molecular flexibility index (Phi) is 4.94. The fourth-order valence-electron chi connectivity index (χ4n) is 3.96. The first-order valence-corrected chi connectivity index (χ1v) is 11.5. The molecule has 3 aromatic rings. The number of furan rings is 1. The Morgan fingerprint density at radius 3 is 2.83 bits per heavy atom. The summed E-state index contributed by atoms with van der Waals surface area (Å²) >= 11 is 0. The lowest BCUT2D eigenvalue weighted by molar-refractivity contribution is -0.136. The number of hydrogen-bond acceptors (Lipinski definition) is 6. The predicted molar refractivity (Wildman–Crippen MR) is 109 cm³/mol. The zero-order valence-corrected chi connectivity index (χ0v) is 17.2. The van der Waals surface area contributed by atoms with Gasteiger partial charge in [-0.05, 0) is 31.9 Å². The van der Waals surface area contributed by atoms with Crippen molar-refractivity contribution in [3.05, 3.63) is 40.9 Å². The molecule has 0 N–H and O–H groups in total. The normalized spacial score (nSPS) is 19.6. The molecule has 2 atom stereocenters. The second-order valence-corrected chi connectivity index (χ2v) is 9.80. The highest BCUT2D eigenvalue weighted by Crippen LogP contribution is 2.25. The van der Waals surface area contributed by atoms with Crippen molar-refractivity contribution in [2.24, 2.45) is 0 Å². The molecule has 2 aromatic heterocycles. The lowest BCUT2D eigenvalue weighted by Gasteiger charge is -2.33. The summed E-state index contributed by atoms with van der Waals surface area (Å²) in [6, 6.07) is 6.76. The van der Waals surface area contributed by atoms with Gasteiger partial charge in [0, 0.05) is 17.5 Å². The Morgan fingerprint density at radius 1 is 1.38 bits per heavy atom. The number of para-hydroxylation sites is 1. The van der Waals surface area contributed by atoms with Crippen molar-refractivity contribution in [3.63, 3.8) is 0 Å². The Hall–Kier alpha value is -2.68. The van der Waals surface area contributed by atoms with Gasteiger partial charge in [0.05, 0.1) is 17.8 Å². The van der Waals surface area contributed by atoms with E-state index in [0.717, 1.165) is 5.39 Å². The van der Waals surface area contributed by atoms with Gasteiger partial charge in [-0.25, -0.2) is 13.4 Å². The van der Waals surface area contributed by atoms with Crippen LogP contribution in [-0.4, -0.2) is 52.4 Å². The van der Waals surface area contributed by atoms with Gasteiger partial charge < -0.3 is 9.32 Å². The minimum absolute atomic E-state index is 0.0289. The third-order valence-corrected chi connectivity index (χ3v) is 7.36. The Morgan fingerprint density at radius 2 is 2.14 bits per heavy atom. The molecule has 0 spiro atoms. The Labute approximate surface area is 168 Å². The molecule has 0 unspecified atom stereocenters. The predicted octanol–water partition coefficient (Wildman–Crippen LogP) is 1.96. The number of carbonyl (C=O) groups excluding carboxylic acids is 1. The van der Waals surface area contributed by atoms with Gasteiger partial charge in [0.25, 0.3) is 5.56 Å². The molecule has 3 heterocycles. The molecule has 1 aliphatic heterocycles. The van der Waals surface area contributed by atoms with Crippen molar-refractivity contribution in [1.82, 2.24) is 14.5 Å². The van der Waals surface area contributed by atoms with Crippen LogP contribution in [0.3, 0.4) is 0 Å². The summed E-state index contributed by atoms with van der Waals surface area (Å²) in [4.78, 5) is 31.9. The van der Waals surface area contributed by atoms with Crippen molar-refractivity contribution >= 4 is 37.8 Å². The molecule has 1 fully saturated rings. The average molecular weight is 417 g/mol. The van der Waals surface area contributed by atoms with E-state index in [1.807, 2.05) is 32.0 Å². The number of amides is 1. The van der Waals surface area contributed by atoms with Gasteiger partial charge in [-0.3, -0.25) is 14.2 Å². The number of rotatable bonds is 5. The summed E-state index contributed by atoms with van der Waals surface area (Å²) in [5, 5.41) is 0.746. The number of sulfone groups is 1. The van der Waals surface area contributed by atoms with Crippen molar-refractivity contribution in [3.8, 4) is 0 Å². The van der Waals surface area contributed by atoms with Crippen LogP contribution in [0, 0.1) is 0 Å². The lowest BCUT2D eigenvalue weighted by atomic mass is 10.1. The number of hydrogen-bond donors (Lipinski definition) is 0. The highest BCUT2D eigenvalue weighted by Gasteiger charge is 2.36. The molecule has 0 saturated carbocycles. The van der Waals surface area contributed by atoms with Crippen LogP contribution in [0.25, 0.3) is 22.1 Å². The van der Waals surface area contributed by atoms with E-state index in [1.54, 1.807) is 11.0 Å². The van der Waals surface area contributed by atoms with Gasteiger partial charge in [0.1, 0.15) is 17.6 Å². The summed E-state index contributed by atoms with van der Waals surface area (Å²) in [6.45, 7) is 3.63. The molecular weight excluding hydrogens is 394 g/mol. The first-order valence-electron chi connectivity index (χ1n) is 9.69. The van der Waals surface area contributed by atoms with E-state index in [2.05, 4.69) is 4.98 Å². The van der Waals surface area contributed by atoms with Crippen molar-refractivity contribution in [1.29, 1.82) is 0 Å². The minimum atomic E-state index is -3.13. The summed E-state index contributed by atoms with van der Waals surface area (Å²) < 4.78 is 30.7. The molecule has 0 aliphatic carbocycles. The van der Waals surface area contributed by atoms with Crippen LogP contribution in [-0.2, 0) is 21.2 Å². The number of nitrogens with zero attached hydrogens (tertiary/aromatic N) is 3. The molecule has 4 rings (SSSR count). The third-order valence-electron chi connectivity index (χ3n) is 5.61. The molecule has 1 amide bonds. The maximum atomic E-state index is 13.1. The van der Waals surface area contributed by atoms with Gasteiger partial charge in [0.2, 0.25) is 11.5 Å². The van der Waals surface area contributed by atoms with E-state index >= 15 is 0 Å². The van der Waals surface area contributed by atoms with Gasteiger partial charge in [-0.2, -0.15) is 0 Å². The number of carbonyl (C=O) groups is 1. The van der Waals surface area contributed by atoms with Crippen LogP contribution < -0.4 is 5.56 Å². The standard InChI is InChI=1S/C20H23N3O5S/c1-3-13(2)23(14-8-9-29(26,27)11-14)17(24)10-22-12-21-18-15-6-4-5-7-16(15)28-19(18)20(22)25/h4-7,12-14H,3,8-11H2,1-2H3/t13-,14+/m1/s1. The highest BCUT2D eigenvalue weighted by molar-refractivity contribution is 7.91. The highest BCUT2D eigenvalue weighted by atomic mass is 32.2. The number of benzene rings is 1. The fourth-order valence-corrected chi connectivity index (χ4v) is 5.67. The summed E-state index contributed by atoms with van der Waals surface area (Å²) in [5.41, 5.74) is 0.714. The summed E-state index contributed by atoms with van der Waals surface area (Å²) in [6.07, 6.45) is 2.47. The van der Waals surface area contributed by atoms with Gasteiger partial charge in [-0.1, -0.05) is 19.1 Å². The van der Waals surface area contributed by atoms with E-state index in [9.17, 15) is 18.0 Å². The van der Waals surface area contributed by atoms with Crippen LogP contribution in [0.4, 0.5) is 0 Å². The quantitative estimate of drug-likeness (QED) is 0.629. The van der Waals surface area contributed by atoms with E-state index in [-0.39, 0.29) is 41.6 Å². The van der Waals surface area contributed by atoms with Gasteiger partial charge >= 0.3 is 0 Å². The second kappa shape index (κ2) is 7.29. The van der Waals surface area contributed by atoms with Crippen LogP contribution in [0.5, 0.6) is 0 Å². The largest absolute Gasteiger partial charge is 0.448 e. The third kappa shape index (κ3) is 3.55. The molecule has 29 heavy (non-hydrogen) atoms. The summed E-state index contributed by atoms with van der Waals surface area (Å²) in [5.74, 6) is -0.232. The fraction of sp³-hybridized carbons (Fsp3) is 0.450. The minimum Gasteiger partial charge on any atom is -0.448 e. The van der Waals surface area contributed by atoms with Crippen molar-refractivity contribution in [2.75, 3.05) is 11.5 Å². The first kappa shape index (κ1) is 19.6. The first-order chi connectivity index (χ1) is 13.8. The number of fused-ring (bicyclic) bond motifs is 3. The van der Waals surface area contributed by atoms with E-state index in [1.165, 1.54) is 10.9 Å². The summed E-state index contributed by atoms with van der Waals surface area (Å²) in [7, 11) is -3.13. The lowest BCUT2D eigenvalue weighted by Crippen LogP contribution is -2.48. The maximum absolute atomic E-state index is 13.1. The Bertz CT molecular complexity index is 1240. The average Bonchev–Trinajstić information content (AvgIpc) is 3.24. The molecule has 1 saturated heterocycles.